The molecular formula is C12H10ClN5O3. The second-order valence-corrected chi connectivity index (χ2v) is 4.24. The summed E-state index contributed by atoms with van der Waals surface area (Å²) in [5.74, 6) is 0.631. The van der Waals surface area contributed by atoms with Gasteiger partial charge in [-0.25, -0.2) is 10.1 Å². The second kappa shape index (κ2) is 6.53. The van der Waals surface area contributed by atoms with Crippen molar-refractivity contribution in [2.45, 2.75) is 0 Å². The fourth-order valence-electron chi connectivity index (χ4n) is 1.46. The SMILES string of the molecule is NC(=N/N=C\c1ccc(-c2ccc(Cl)cc2)o1)N[N+](=O)[O-]. The minimum Gasteiger partial charge on any atom is -0.455 e. The van der Waals surface area contributed by atoms with E-state index in [2.05, 4.69) is 10.2 Å². The molecule has 1 aromatic heterocycles. The van der Waals surface area contributed by atoms with E-state index in [0.717, 1.165) is 5.56 Å². The molecule has 0 saturated carbocycles. The van der Waals surface area contributed by atoms with Gasteiger partial charge < -0.3 is 10.2 Å². The Bertz CT molecular complexity index is 693. The van der Waals surface area contributed by atoms with E-state index in [9.17, 15) is 10.1 Å². The molecule has 0 fully saturated rings. The summed E-state index contributed by atoms with van der Waals surface area (Å²) in [5.41, 5.74) is 7.71. The summed E-state index contributed by atoms with van der Waals surface area (Å²) in [6.45, 7) is 0. The molecular weight excluding hydrogens is 298 g/mol. The quantitative estimate of drug-likeness (QED) is 0.387. The summed E-state index contributed by atoms with van der Waals surface area (Å²) in [4.78, 5) is 10.1. The number of rotatable bonds is 4. The highest BCUT2D eigenvalue weighted by Crippen LogP contribution is 2.23. The van der Waals surface area contributed by atoms with Crippen molar-refractivity contribution < 1.29 is 9.45 Å². The first-order valence-electron chi connectivity index (χ1n) is 5.68. The van der Waals surface area contributed by atoms with Crippen molar-refractivity contribution in [1.82, 2.24) is 5.43 Å². The first-order valence-corrected chi connectivity index (χ1v) is 6.06. The van der Waals surface area contributed by atoms with Gasteiger partial charge >= 0.3 is 0 Å². The summed E-state index contributed by atoms with van der Waals surface area (Å²) in [5, 5.41) is 16.8. The summed E-state index contributed by atoms with van der Waals surface area (Å²) >= 11 is 5.81. The van der Waals surface area contributed by atoms with E-state index in [4.69, 9.17) is 21.8 Å². The van der Waals surface area contributed by atoms with Crippen LogP contribution in [0, 0.1) is 10.1 Å². The van der Waals surface area contributed by atoms with Crippen LogP contribution in [0.3, 0.4) is 0 Å². The number of nitro groups is 1. The zero-order valence-corrected chi connectivity index (χ0v) is 11.3. The van der Waals surface area contributed by atoms with Crippen molar-refractivity contribution in [1.29, 1.82) is 0 Å². The van der Waals surface area contributed by atoms with Crippen LogP contribution in [0.5, 0.6) is 0 Å². The van der Waals surface area contributed by atoms with Crippen LogP contribution in [0.15, 0.2) is 51.0 Å². The standard InChI is InChI=1S/C12H10ClN5O3/c13-9-3-1-8(2-4-9)11-6-5-10(21-11)7-15-16-12(14)17-18(19)20/h1-7H,(H3,14,16,17)/b15-7-. The summed E-state index contributed by atoms with van der Waals surface area (Å²) < 4.78 is 5.52. The zero-order chi connectivity index (χ0) is 15.2. The molecule has 8 nitrogen and oxygen atoms in total. The number of nitrogens with one attached hydrogen (secondary N) is 1. The number of hydrogen-bond donors (Lipinski definition) is 2. The van der Waals surface area contributed by atoms with Crippen LogP contribution >= 0.6 is 11.6 Å². The molecule has 0 aliphatic heterocycles. The van der Waals surface area contributed by atoms with Crippen LogP contribution in [0.4, 0.5) is 0 Å². The van der Waals surface area contributed by atoms with Gasteiger partial charge in [-0.15, -0.1) is 5.10 Å². The largest absolute Gasteiger partial charge is 0.455 e. The Morgan fingerprint density at radius 2 is 2.05 bits per heavy atom. The second-order valence-electron chi connectivity index (χ2n) is 3.81. The lowest BCUT2D eigenvalue weighted by Crippen LogP contribution is -2.35. The maximum absolute atomic E-state index is 10.1. The summed E-state index contributed by atoms with van der Waals surface area (Å²) in [7, 11) is 0. The number of nitrogens with zero attached hydrogens (tertiary/aromatic N) is 3. The lowest BCUT2D eigenvalue weighted by atomic mass is 10.2. The van der Waals surface area contributed by atoms with E-state index in [-0.39, 0.29) is 0 Å². The molecule has 0 saturated heterocycles. The van der Waals surface area contributed by atoms with Crippen LogP contribution < -0.4 is 11.2 Å². The molecule has 0 amide bonds. The van der Waals surface area contributed by atoms with Crippen LogP contribution in [-0.2, 0) is 0 Å². The smallest absolute Gasteiger partial charge is 0.275 e. The van der Waals surface area contributed by atoms with Gasteiger partial charge in [0.25, 0.3) is 5.96 Å². The summed E-state index contributed by atoms with van der Waals surface area (Å²) in [6, 6.07) is 10.6. The molecule has 0 bridgehead atoms. The van der Waals surface area contributed by atoms with Gasteiger partial charge in [0.05, 0.1) is 6.21 Å². The molecule has 2 rings (SSSR count). The van der Waals surface area contributed by atoms with Crippen molar-refractivity contribution in [2.75, 3.05) is 0 Å². The Morgan fingerprint density at radius 1 is 1.33 bits per heavy atom. The third-order valence-corrected chi connectivity index (χ3v) is 2.56. The molecule has 1 heterocycles. The molecule has 3 N–H and O–H groups in total. The molecule has 108 valence electrons. The van der Waals surface area contributed by atoms with E-state index >= 15 is 0 Å². The zero-order valence-electron chi connectivity index (χ0n) is 10.6. The molecule has 2 aromatic rings. The van der Waals surface area contributed by atoms with Crippen LogP contribution in [0.25, 0.3) is 11.3 Å². The normalized spacial score (nSPS) is 11.8. The minimum absolute atomic E-state index is 0.428. The Kier molecular flexibility index (Phi) is 4.52. The number of nitrogens with two attached hydrogens (primary N) is 1. The van der Waals surface area contributed by atoms with Crippen LogP contribution in [0.1, 0.15) is 5.76 Å². The van der Waals surface area contributed by atoms with Crippen LogP contribution in [0.2, 0.25) is 5.02 Å². The number of hydrazine groups is 1. The van der Waals surface area contributed by atoms with Crippen molar-refractivity contribution >= 4 is 23.8 Å². The van der Waals surface area contributed by atoms with Gasteiger partial charge in [0.15, 0.2) is 5.03 Å². The Hall–Kier alpha value is -2.87. The molecule has 21 heavy (non-hydrogen) atoms. The maximum atomic E-state index is 10.1. The highest BCUT2D eigenvalue weighted by Gasteiger charge is 2.03. The molecule has 0 atom stereocenters. The average molecular weight is 308 g/mol. The van der Waals surface area contributed by atoms with Gasteiger partial charge in [-0.05, 0) is 36.4 Å². The fraction of sp³-hybridized carbons (Fsp3) is 0. The molecule has 1 aromatic carbocycles. The number of halogens is 1. The third kappa shape index (κ3) is 4.32. The first kappa shape index (κ1) is 14.5. The highest BCUT2D eigenvalue weighted by molar-refractivity contribution is 6.30. The number of benzene rings is 1. The van der Waals surface area contributed by atoms with Crippen LogP contribution in [-0.4, -0.2) is 17.2 Å². The lowest BCUT2D eigenvalue weighted by Gasteiger charge is -1.96. The van der Waals surface area contributed by atoms with Gasteiger partial charge in [-0.2, -0.15) is 5.10 Å². The Balaban J connectivity index is 2.06. The van der Waals surface area contributed by atoms with E-state index < -0.39 is 11.0 Å². The van der Waals surface area contributed by atoms with Crippen molar-refractivity contribution in [3.05, 3.63) is 57.3 Å². The minimum atomic E-state index is -0.833. The van der Waals surface area contributed by atoms with Crippen molar-refractivity contribution in [2.24, 2.45) is 15.9 Å². The molecule has 0 spiro atoms. The number of guanidine groups is 1. The van der Waals surface area contributed by atoms with E-state index in [1.54, 1.807) is 29.7 Å². The number of furan rings is 1. The summed E-state index contributed by atoms with van der Waals surface area (Å²) in [6.07, 6.45) is 1.29. The highest BCUT2D eigenvalue weighted by atomic mass is 35.5. The fourth-order valence-corrected chi connectivity index (χ4v) is 1.58. The van der Waals surface area contributed by atoms with Gasteiger partial charge in [0, 0.05) is 10.6 Å². The van der Waals surface area contributed by atoms with Gasteiger partial charge in [0.2, 0.25) is 0 Å². The van der Waals surface area contributed by atoms with E-state index in [0.29, 0.717) is 16.5 Å². The molecule has 0 aliphatic rings. The van der Waals surface area contributed by atoms with Gasteiger partial charge in [-0.1, -0.05) is 17.0 Å². The Labute approximate surface area is 124 Å². The average Bonchev–Trinajstić information content (AvgIpc) is 2.87. The van der Waals surface area contributed by atoms with Crippen molar-refractivity contribution in [3.8, 4) is 11.3 Å². The maximum Gasteiger partial charge on any atom is 0.275 e. The topological polar surface area (TPSA) is 119 Å². The predicted octanol–water partition coefficient (Wildman–Crippen LogP) is 2.03. The molecule has 0 aliphatic carbocycles. The monoisotopic (exact) mass is 307 g/mol. The molecule has 9 heteroatoms. The lowest BCUT2D eigenvalue weighted by molar-refractivity contribution is -0.525. The van der Waals surface area contributed by atoms with Crippen molar-refractivity contribution in [3.63, 3.8) is 0 Å². The first-order chi connectivity index (χ1) is 10.0. The van der Waals surface area contributed by atoms with Gasteiger partial charge in [-0.3, -0.25) is 0 Å². The third-order valence-electron chi connectivity index (χ3n) is 2.31. The Morgan fingerprint density at radius 3 is 2.71 bits per heavy atom. The van der Waals surface area contributed by atoms with Gasteiger partial charge in [0.1, 0.15) is 11.5 Å². The predicted molar refractivity (Wildman–Crippen MR) is 78.5 cm³/mol. The molecule has 0 unspecified atom stereocenters. The van der Waals surface area contributed by atoms with E-state index in [1.165, 1.54) is 6.21 Å². The molecule has 0 radical (unpaired) electrons. The van der Waals surface area contributed by atoms with E-state index in [1.807, 2.05) is 12.1 Å². The number of hydrogen-bond acceptors (Lipinski definition) is 5.